The number of aryl methyl sites for hydroxylation is 1. The number of thioether (sulfide) groups is 1. The maximum absolute atomic E-state index is 12.4. The average molecular weight is 345 g/mol. The molecule has 24 heavy (non-hydrogen) atoms. The number of hydrogen-bond acceptors (Lipinski definition) is 5. The monoisotopic (exact) mass is 345 g/mol. The molecule has 6 heteroatoms. The van der Waals surface area contributed by atoms with Crippen molar-refractivity contribution in [3.05, 3.63) is 28.7 Å². The normalized spacial score (nSPS) is 22.2. The molecule has 2 aliphatic rings. The van der Waals surface area contributed by atoms with Crippen LogP contribution in [0.2, 0.25) is 0 Å². The van der Waals surface area contributed by atoms with Crippen molar-refractivity contribution in [2.24, 2.45) is 16.1 Å². The van der Waals surface area contributed by atoms with Gasteiger partial charge in [0.2, 0.25) is 5.91 Å². The van der Waals surface area contributed by atoms with Crippen molar-refractivity contribution in [3.8, 4) is 0 Å². The van der Waals surface area contributed by atoms with E-state index in [1.54, 1.807) is 18.2 Å². The smallest absolute Gasteiger partial charge is 0.239 e. The van der Waals surface area contributed by atoms with Gasteiger partial charge in [0.05, 0.1) is 11.4 Å². The summed E-state index contributed by atoms with van der Waals surface area (Å²) in [4.78, 5) is 29.7. The summed E-state index contributed by atoms with van der Waals surface area (Å²) in [6, 6.07) is 5.38. The Morgan fingerprint density at radius 2 is 2.00 bits per heavy atom. The minimum atomic E-state index is 0.153. The summed E-state index contributed by atoms with van der Waals surface area (Å²) in [5, 5.41) is 3.74. The van der Waals surface area contributed by atoms with E-state index < -0.39 is 0 Å². The van der Waals surface area contributed by atoms with Crippen LogP contribution in [-0.2, 0) is 4.79 Å². The number of nitrogens with zero attached hydrogens (tertiary/aromatic N) is 3. The van der Waals surface area contributed by atoms with Crippen molar-refractivity contribution >= 4 is 34.2 Å². The lowest BCUT2D eigenvalue weighted by molar-refractivity contribution is -0.126. The van der Waals surface area contributed by atoms with E-state index in [9.17, 15) is 9.70 Å². The molecule has 1 atom stereocenters. The van der Waals surface area contributed by atoms with Gasteiger partial charge in [-0.1, -0.05) is 31.0 Å². The van der Waals surface area contributed by atoms with Crippen LogP contribution in [0.25, 0.3) is 0 Å². The second kappa shape index (κ2) is 7.47. The number of nitroso groups, excluding NO2 is 1. The topological polar surface area (TPSA) is 62.1 Å². The average Bonchev–Trinajstić information content (AvgIpc) is 2.97. The third-order valence-electron chi connectivity index (χ3n) is 5.04. The molecule has 1 unspecified atom stereocenters. The van der Waals surface area contributed by atoms with Gasteiger partial charge in [-0.3, -0.25) is 9.69 Å². The van der Waals surface area contributed by atoms with E-state index in [2.05, 4.69) is 12.1 Å². The lowest BCUT2D eigenvalue weighted by atomic mass is 9.84. The number of hydrogen-bond donors (Lipinski definition) is 0. The van der Waals surface area contributed by atoms with E-state index >= 15 is 0 Å². The highest BCUT2D eigenvalue weighted by Crippen LogP contribution is 2.34. The zero-order chi connectivity index (χ0) is 17.1. The van der Waals surface area contributed by atoms with Crippen molar-refractivity contribution in [2.75, 3.05) is 5.75 Å². The Labute approximate surface area is 146 Å². The number of rotatable bonds is 4. The van der Waals surface area contributed by atoms with Crippen molar-refractivity contribution in [3.63, 3.8) is 0 Å². The van der Waals surface area contributed by atoms with Crippen LogP contribution in [0.5, 0.6) is 0 Å². The Hall–Kier alpha value is -1.69. The number of benzene rings is 1. The van der Waals surface area contributed by atoms with Gasteiger partial charge in [0, 0.05) is 6.04 Å². The fraction of sp³-hybridized carbons (Fsp3) is 0.556. The van der Waals surface area contributed by atoms with E-state index in [1.807, 2.05) is 11.8 Å². The molecule has 1 aromatic rings. The lowest BCUT2D eigenvalue weighted by Crippen LogP contribution is -2.42. The van der Waals surface area contributed by atoms with Crippen molar-refractivity contribution in [2.45, 2.75) is 52.0 Å². The Balaban J connectivity index is 1.85. The largest absolute Gasteiger partial charge is 0.287 e. The van der Waals surface area contributed by atoms with Gasteiger partial charge in [-0.25, -0.2) is 4.99 Å². The van der Waals surface area contributed by atoms with E-state index in [4.69, 9.17) is 4.99 Å². The molecule has 3 rings (SSSR count). The fourth-order valence-corrected chi connectivity index (χ4v) is 4.57. The molecule has 0 spiro atoms. The molecule has 0 N–H and O–H groups in total. The Morgan fingerprint density at radius 3 is 2.67 bits per heavy atom. The van der Waals surface area contributed by atoms with E-state index in [0.717, 1.165) is 16.4 Å². The molecular formula is C18H23N3O2S. The first-order valence-corrected chi connectivity index (χ1v) is 9.56. The van der Waals surface area contributed by atoms with Crippen LogP contribution in [-0.4, -0.2) is 27.8 Å². The van der Waals surface area contributed by atoms with Crippen molar-refractivity contribution < 1.29 is 4.79 Å². The Kier molecular flexibility index (Phi) is 5.33. The van der Waals surface area contributed by atoms with Gasteiger partial charge in [-0.2, -0.15) is 0 Å². The maximum Gasteiger partial charge on any atom is 0.239 e. The van der Waals surface area contributed by atoms with Gasteiger partial charge < -0.3 is 0 Å². The van der Waals surface area contributed by atoms with Gasteiger partial charge in [-0.15, -0.1) is 4.91 Å². The molecule has 1 aliphatic carbocycles. The predicted molar refractivity (Wildman–Crippen MR) is 99.1 cm³/mol. The summed E-state index contributed by atoms with van der Waals surface area (Å²) in [7, 11) is 0. The first-order chi connectivity index (χ1) is 11.6. The first-order valence-electron chi connectivity index (χ1n) is 8.57. The van der Waals surface area contributed by atoms with Crippen LogP contribution < -0.4 is 0 Å². The highest BCUT2D eigenvalue weighted by atomic mass is 32.2. The van der Waals surface area contributed by atoms with Crippen LogP contribution in [0.1, 0.15) is 44.6 Å². The van der Waals surface area contributed by atoms with Crippen LogP contribution in [0, 0.1) is 17.7 Å². The number of carbonyl (C=O) groups excluding carboxylic acids is 1. The van der Waals surface area contributed by atoms with Crippen LogP contribution in [0.3, 0.4) is 0 Å². The van der Waals surface area contributed by atoms with E-state index in [1.165, 1.54) is 43.9 Å². The molecular weight excluding hydrogens is 322 g/mol. The van der Waals surface area contributed by atoms with Crippen LogP contribution >= 0.6 is 11.8 Å². The number of amides is 1. The molecule has 1 heterocycles. The molecule has 1 amide bonds. The maximum atomic E-state index is 12.4. The second-order valence-electron chi connectivity index (χ2n) is 6.65. The van der Waals surface area contributed by atoms with Gasteiger partial charge in [-0.05, 0) is 61.5 Å². The number of aliphatic imine (C=N–C) groups is 1. The van der Waals surface area contributed by atoms with Crippen molar-refractivity contribution in [1.29, 1.82) is 0 Å². The highest BCUT2D eigenvalue weighted by Gasteiger charge is 2.36. The number of amidine groups is 1. The Morgan fingerprint density at radius 1 is 1.25 bits per heavy atom. The van der Waals surface area contributed by atoms with Gasteiger partial charge in [0.1, 0.15) is 5.69 Å². The standard InChI is InChI=1S/C18H23N3O2S/c1-12-10-15(20-23)8-9-16(12)19-18-21(17(22)11-24-18)13(2)14-6-4-3-5-7-14/h8-10,13-14H,3-7,11H2,1-2H3. The summed E-state index contributed by atoms with van der Waals surface area (Å²) < 4.78 is 0. The van der Waals surface area contributed by atoms with Crippen LogP contribution in [0.4, 0.5) is 11.4 Å². The summed E-state index contributed by atoms with van der Waals surface area (Å²) in [5.41, 5.74) is 2.09. The van der Waals surface area contributed by atoms with Gasteiger partial charge in [0.25, 0.3) is 0 Å². The van der Waals surface area contributed by atoms with E-state index in [0.29, 0.717) is 17.4 Å². The minimum absolute atomic E-state index is 0.153. The zero-order valence-electron chi connectivity index (χ0n) is 14.2. The molecule has 1 saturated carbocycles. The second-order valence-corrected chi connectivity index (χ2v) is 7.59. The Bertz CT molecular complexity index is 668. The van der Waals surface area contributed by atoms with E-state index in [-0.39, 0.29) is 11.9 Å². The summed E-state index contributed by atoms with van der Waals surface area (Å²) in [5.74, 6) is 1.18. The SMILES string of the molecule is Cc1cc(N=O)ccc1N=C1SCC(=O)N1C(C)C1CCCCC1. The molecule has 1 saturated heterocycles. The minimum Gasteiger partial charge on any atom is -0.287 e. The predicted octanol–water partition coefficient (Wildman–Crippen LogP) is 4.92. The summed E-state index contributed by atoms with van der Waals surface area (Å²) in [6.45, 7) is 4.06. The third-order valence-corrected chi connectivity index (χ3v) is 5.98. The first kappa shape index (κ1) is 17.1. The molecule has 1 aromatic carbocycles. The molecule has 1 aliphatic heterocycles. The lowest BCUT2D eigenvalue weighted by Gasteiger charge is -2.33. The highest BCUT2D eigenvalue weighted by molar-refractivity contribution is 8.15. The quantitative estimate of drug-likeness (QED) is 0.727. The fourth-order valence-electron chi connectivity index (χ4n) is 3.61. The van der Waals surface area contributed by atoms with Gasteiger partial charge in [0.15, 0.2) is 5.17 Å². The zero-order valence-corrected chi connectivity index (χ0v) is 15.0. The molecule has 0 aromatic heterocycles. The summed E-state index contributed by atoms with van der Waals surface area (Å²) >= 11 is 1.51. The van der Waals surface area contributed by atoms with Crippen LogP contribution in [0.15, 0.2) is 28.4 Å². The third kappa shape index (κ3) is 3.53. The molecule has 2 fully saturated rings. The van der Waals surface area contributed by atoms with Crippen molar-refractivity contribution in [1.82, 2.24) is 4.90 Å². The molecule has 128 valence electrons. The molecule has 5 nitrogen and oxygen atoms in total. The summed E-state index contributed by atoms with van der Waals surface area (Å²) in [6.07, 6.45) is 6.22. The number of carbonyl (C=O) groups is 1. The molecule has 0 bridgehead atoms. The molecule has 0 radical (unpaired) electrons. The van der Waals surface area contributed by atoms with Gasteiger partial charge >= 0.3 is 0 Å².